The highest BCUT2D eigenvalue weighted by Gasteiger charge is 2.24. The lowest BCUT2D eigenvalue weighted by Gasteiger charge is -2.35. The second kappa shape index (κ2) is 10.7. The summed E-state index contributed by atoms with van der Waals surface area (Å²) in [6.07, 6.45) is 2.35. The number of carbonyl (C=O) groups excluding carboxylic acids is 1. The molecule has 1 N–H and O–H groups in total. The summed E-state index contributed by atoms with van der Waals surface area (Å²) in [5.41, 5.74) is 0.879. The van der Waals surface area contributed by atoms with Crippen molar-refractivity contribution in [2.75, 3.05) is 44.4 Å². The van der Waals surface area contributed by atoms with Crippen LogP contribution in [0.25, 0.3) is 0 Å². The average Bonchev–Trinajstić information content (AvgIpc) is 2.64. The molecule has 1 aromatic carbocycles. The third-order valence-corrected chi connectivity index (χ3v) is 6.26. The largest absolute Gasteiger partial charge is 0.379 e. The summed E-state index contributed by atoms with van der Waals surface area (Å²) in [4.78, 5) is 14.3. The Bertz CT molecular complexity index is 688. The monoisotopic (exact) mass is 400 g/mol. The molecule has 2 rings (SSSR count). The van der Waals surface area contributed by atoms with Crippen LogP contribution in [0.5, 0.6) is 0 Å². The fourth-order valence-corrected chi connectivity index (χ4v) is 4.43. The maximum Gasteiger partial charge on any atom is 0.235 e. The first-order valence-corrected chi connectivity index (χ1v) is 11.3. The summed E-state index contributed by atoms with van der Waals surface area (Å²) in [5, 5.41) is 2.75. The molecule has 1 aliphatic heterocycles. The van der Waals surface area contributed by atoms with Gasteiger partial charge in [-0.3, -0.25) is 9.69 Å². The molecule has 1 unspecified atom stereocenters. The molecule has 0 aliphatic carbocycles. The van der Waals surface area contributed by atoms with E-state index < -0.39 is 21.5 Å². The second-order valence-corrected chi connectivity index (χ2v) is 9.00. The van der Waals surface area contributed by atoms with E-state index >= 15 is 0 Å². The van der Waals surface area contributed by atoms with Crippen molar-refractivity contribution < 1.29 is 22.3 Å². The number of sulfone groups is 1. The van der Waals surface area contributed by atoms with Gasteiger partial charge in [-0.25, -0.2) is 12.8 Å². The van der Waals surface area contributed by atoms with Crippen molar-refractivity contribution in [1.29, 1.82) is 0 Å². The van der Waals surface area contributed by atoms with Crippen molar-refractivity contribution in [2.24, 2.45) is 0 Å². The first-order chi connectivity index (χ1) is 12.9. The van der Waals surface area contributed by atoms with Crippen molar-refractivity contribution in [3.8, 4) is 0 Å². The summed E-state index contributed by atoms with van der Waals surface area (Å²) in [6, 6.07) is 6.03. The van der Waals surface area contributed by atoms with E-state index in [-0.39, 0.29) is 24.2 Å². The van der Waals surface area contributed by atoms with Crippen LogP contribution in [0.15, 0.2) is 24.3 Å². The molecule has 27 heavy (non-hydrogen) atoms. The predicted molar refractivity (Wildman–Crippen MR) is 103 cm³/mol. The summed E-state index contributed by atoms with van der Waals surface area (Å²) in [5.74, 6) is -1.26. The van der Waals surface area contributed by atoms with Gasteiger partial charge in [-0.1, -0.05) is 31.9 Å². The molecule has 0 aromatic heterocycles. The van der Waals surface area contributed by atoms with Gasteiger partial charge < -0.3 is 10.1 Å². The fourth-order valence-electron chi connectivity index (χ4n) is 3.14. The number of ether oxygens (including phenoxy) is 1. The smallest absolute Gasteiger partial charge is 0.235 e. The third kappa shape index (κ3) is 7.56. The van der Waals surface area contributed by atoms with Gasteiger partial charge in [0.1, 0.15) is 11.6 Å². The number of unbranched alkanes of at least 4 members (excludes halogenated alkanes) is 2. The van der Waals surface area contributed by atoms with Crippen LogP contribution in [0, 0.1) is 5.82 Å². The average molecular weight is 401 g/mol. The van der Waals surface area contributed by atoms with Gasteiger partial charge in [0, 0.05) is 19.6 Å². The number of halogens is 1. The summed E-state index contributed by atoms with van der Waals surface area (Å²) >= 11 is 0. The van der Waals surface area contributed by atoms with E-state index in [1.807, 2.05) is 6.92 Å². The van der Waals surface area contributed by atoms with Crippen LogP contribution in [-0.2, 0) is 19.4 Å². The van der Waals surface area contributed by atoms with Gasteiger partial charge >= 0.3 is 0 Å². The van der Waals surface area contributed by atoms with E-state index in [4.69, 9.17) is 4.74 Å². The van der Waals surface area contributed by atoms with Gasteiger partial charge in [0.05, 0.1) is 25.0 Å². The number of hydrogen-bond acceptors (Lipinski definition) is 5. The lowest BCUT2D eigenvalue weighted by atomic mass is 10.0. The van der Waals surface area contributed by atoms with Crippen LogP contribution in [0.1, 0.15) is 37.8 Å². The van der Waals surface area contributed by atoms with E-state index in [9.17, 15) is 17.6 Å². The van der Waals surface area contributed by atoms with Crippen LogP contribution < -0.4 is 5.32 Å². The molecular weight excluding hydrogens is 371 g/mol. The van der Waals surface area contributed by atoms with Gasteiger partial charge in [-0.05, 0) is 24.1 Å². The van der Waals surface area contributed by atoms with Crippen molar-refractivity contribution >= 4 is 15.7 Å². The fraction of sp³-hybridized carbons (Fsp3) is 0.632. The van der Waals surface area contributed by atoms with Crippen molar-refractivity contribution in [3.63, 3.8) is 0 Å². The minimum Gasteiger partial charge on any atom is -0.379 e. The molecule has 1 amide bonds. The Hall–Kier alpha value is -1.51. The molecule has 1 aromatic rings. The first kappa shape index (κ1) is 21.8. The zero-order valence-electron chi connectivity index (χ0n) is 15.8. The maximum atomic E-state index is 13.2. The number of rotatable bonds is 10. The SMILES string of the molecule is CCCCCS(=O)(=O)CC(=O)NCC(c1ccc(F)cc1)N1CCOCC1. The number of carbonyl (C=O) groups is 1. The van der Waals surface area contributed by atoms with Crippen LogP contribution in [-0.4, -0.2) is 63.6 Å². The van der Waals surface area contributed by atoms with Gasteiger partial charge in [-0.15, -0.1) is 0 Å². The highest BCUT2D eigenvalue weighted by molar-refractivity contribution is 7.92. The molecule has 1 atom stereocenters. The zero-order chi connectivity index (χ0) is 19.7. The normalized spacial score (nSPS) is 16.8. The highest BCUT2D eigenvalue weighted by Crippen LogP contribution is 2.21. The lowest BCUT2D eigenvalue weighted by molar-refractivity contribution is -0.119. The molecular formula is C19H29FN2O4S. The van der Waals surface area contributed by atoms with Crippen molar-refractivity contribution in [3.05, 3.63) is 35.6 Å². The Kier molecular flexibility index (Phi) is 8.66. The molecule has 6 nitrogen and oxygen atoms in total. The Morgan fingerprint density at radius 3 is 2.52 bits per heavy atom. The summed E-state index contributed by atoms with van der Waals surface area (Å²) in [7, 11) is -3.39. The van der Waals surface area contributed by atoms with Crippen molar-refractivity contribution in [1.82, 2.24) is 10.2 Å². The van der Waals surface area contributed by atoms with Crippen LogP contribution in [0.4, 0.5) is 4.39 Å². The number of nitrogens with one attached hydrogen (secondary N) is 1. The van der Waals surface area contributed by atoms with Crippen LogP contribution >= 0.6 is 0 Å². The highest BCUT2D eigenvalue weighted by atomic mass is 32.2. The number of morpholine rings is 1. The molecule has 0 spiro atoms. The van der Waals surface area contributed by atoms with E-state index in [0.717, 1.165) is 18.4 Å². The van der Waals surface area contributed by atoms with Crippen LogP contribution in [0.2, 0.25) is 0 Å². The molecule has 1 fully saturated rings. The van der Waals surface area contributed by atoms with E-state index in [1.54, 1.807) is 12.1 Å². The maximum absolute atomic E-state index is 13.2. The molecule has 0 bridgehead atoms. The number of hydrogen-bond donors (Lipinski definition) is 1. The summed E-state index contributed by atoms with van der Waals surface area (Å²) < 4.78 is 42.7. The first-order valence-electron chi connectivity index (χ1n) is 9.45. The molecule has 0 saturated carbocycles. The molecule has 0 radical (unpaired) electrons. The van der Waals surface area contributed by atoms with Crippen molar-refractivity contribution in [2.45, 2.75) is 32.2 Å². The number of benzene rings is 1. The van der Waals surface area contributed by atoms with Gasteiger partial charge in [0.15, 0.2) is 9.84 Å². The topological polar surface area (TPSA) is 75.7 Å². The quantitative estimate of drug-likeness (QED) is 0.608. The molecule has 1 saturated heterocycles. The molecule has 152 valence electrons. The van der Waals surface area contributed by atoms with Gasteiger partial charge in [0.25, 0.3) is 0 Å². The minimum absolute atomic E-state index is 0.0408. The molecule has 8 heteroatoms. The Morgan fingerprint density at radius 1 is 1.22 bits per heavy atom. The summed E-state index contributed by atoms with van der Waals surface area (Å²) in [6.45, 7) is 4.87. The predicted octanol–water partition coefficient (Wildman–Crippen LogP) is 1.92. The number of nitrogens with zero attached hydrogens (tertiary/aromatic N) is 1. The molecule has 1 aliphatic rings. The Labute approximate surface area is 161 Å². The lowest BCUT2D eigenvalue weighted by Crippen LogP contribution is -2.44. The van der Waals surface area contributed by atoms with E-state index in [0.29, 0.717) is 32.7 Å². The van der Waals surface area contributed by atoms with E-state index in [1.165, 1.54) is 12.1 Å². The van der Waals surface area contributed by atoms with E-state index in [2.05, 4.69) is 10.2 Å². The zero-order valence-corrected chi connectivity index (χ0v) is 16.6. The number of amides is 1. The van der Waals surface area contributed by atoms with Gasteiger partial charge in [-0.2, -0.15) is 0 Å². The van der Waals surface area contributed by atoms with Crippen LogP contribution in [0.3, 0.4) is 0 Å². The third-order valence-electron chi connectivity index (χ3n) is 4.64. The molecule has 1 heterocycles. The van der Waals surface area contributed by atoms with Gasteiger partial charge in [0.2, 0.25) is 5.91 Å². The second-order valence-electron chi connectivity index (χ2n) is 6.82. The Morgan fingerprint density at radius 2 is 1.89 bits per heavy atom. The standard InChI is InChI=1S/C19H29FN2O4S/c1-2-3-4-13-27(24,25)15-19(23)21-14-18(22-9-11-26-12-10-22)16-5-7-17(20)8-6-16/h5-8,18H,2-4,9-15H2,1H3,(H,21,23). The Balaban J connectivity index is 1.96. The minimum atomic E-state index is -3.39.